The number of sulfonamides is 1. The number of carbonyl (C=O) groups excluding carboxylic acids is 1. The number of amides is 1. The molecular formula is C18H22ClN5O4S2. The molecular weight excluding hydrogens is 450 g/mol. The lowest BCUT2D eigenvalue weighted by molar-refractivity contribution is 0.0729. The van der Waals surface area contributed by atoms with Crippen LogP contribution >= 0.6 is 22.9 Å². The van der Waals surface area contributed by atoms with Gasteiger partial charge in [0.2, 0.25) is 15.2 Å². The van der Waals surface area contributed by atoms with Gasteiger partial charge in [-0.15, -0.1) is 10.2 Å². The smallest absolute Gasteiger partial charge is 0.255 e. The van der Waals surface area contributed by atoms with Crippen molar-refractivity contribution < 1.29 is 17.9 Å². The maximum absolute atomic E-state index is 13.1. The Balaban J connectivity index is 1.50. The van der Waals surface area contributed by atoms with E-state index in [2.05, 4.69) is 15.1 Å². The van der Waals surface area contributed by atoms with Gasteiger partial charge >= 0.3 is 0 Å². The summed E-state index contributed by atoms with van der Waals surface area (Å²) in [6, 6.07) is 4.30. The normalized spacial score (nSPS) is 18.6. The zero-order chi connectivity index (χ0) is 21.3. The summed E-state index contributed by atoms with van der Waals surface area (Å²) in [7, 11) is -3.71. The fraction of sp³-hybridized carbons (Fsp3) is 0.500. The van der Waals surface area contributed by atoms with E-state index >= 15 is 0 Å². The average molecular weight is 472 g/mol. The molecule has 0 saturated carbocycles. The van der Waals surface area contributed by atoms with E-state index in [1.165, 1.54) is 33.8 Å². The number of benzene rings is 1. The van der Waals surface area contributed by atoms with Crippen molar-refractivity contribution in [3.63, 3.8) is 0 Å². The molecule has 4 rings (SSSR count). The average Bonchev–Trinajstić information content (AvgIpc) is 3.20. The molecule has 1 amide bonds. The Morgan fingerprint density at radius 1 is 1.10 bits per heavy atom. The molecule has 2 aliphatic rings. The Morgan fingerprint density at radius 2 is 1.80 bits per heavy atom. The first kappa shape index (κ1) is 21.4. The molecule has 9 nitrogen and oxygen atoms in total. The molecule has 2 aromatic rings. The van der Waals surface area contributed by atoms with E-state index in [0.717, 1.165) is 10.1 Å². The van der Waals surface area contributed by atoms with Gasteiger partial charge in [-0.2, -0.15) is 4.31 Å². The minimum absolute atomic E-state index is 0.0696. The molecule has 2 fully saturated rings. The number of nitrogens with zero attached hydrogens (tertiary/aromatic N) is 5. The Hall–Kier alpha value is -1.79. The number of rotatable bonds is 4. The van der Waals surface area contributed by atoms with Gasteiger partial charge in [0.05, 0.1) is 28.7 Å². The SMILES string of the molecule is Cc1nnc(N2CCN(C(=O)c3cc(S(=O)(=O)N4CCOCC4)ccc3Cl)CC2)s1. The van der Waals surface area contributed by atoms with Crippen LogP contribution in [0.2, 0.25) is 5.02 Å². The molecule has 162 valence electrons. The monoisotopic (exact) mass is 471 g/mol. The van der Waals surface area contributed by atoms with Gasteiger partial charge in [-0.3, -0.25) is 4.79 Å². The maximum Gasteiger partial charge on any atom is 0.255 e. The Morgan fingerprint density at radius 3 is 2.43 bits per heavy atom. The minimum Gasteiger partial charge on any atom is -0.379 e. The molecule has 0 bridgehead atoms. The van der Waals surface area contributed by atoms with Crippen LogP contribution in [0.5, 0.6) is 0 Å². The first-order valence-corrected chi connectivity index (χ1v) is 12.2. The molecule has 12 heteroatoms. The number of ether oxygens (including phenoxy) is 1. The first-order valence-electron chi connectivity index (χ1n) is 9.58. The summed E-state index contributed by atoms with van der Waals surface area (Å²) in [5.41, 5.74) is 0.200. The summed E-state index contributed by atoms with van der Waals surface area (Å²) < 4.78 is 32.5. The van der Waals surface area contributed by atoms with Crippen LogP contribution in [0.1, 0.15) is 15.4 Å². The highest BCUT2D eigenvalue weighted by molar-refractivity contribution is 7.89. The molecule has 0 aliphatic carbocycles. The zero-order valence-corrected chi connectivity index (χ0v) is 18.8. The molecule has 0 radical (unpaired) electrons. The van der Waals surface area contributed by atoms with Gasteiger partial charge in [-0.05, 0) is 25.1 Å². The number of aromatic nitrogens is 2. The molecule has 2 saturated heterocycles. The van der Waals surface area contributed by atoms with E-state index in [-0.39, 0.29) is 21.4 Å². The van der Waals surface area contributed by atoms with Crippen molar-refractivity contribution in [2.24, 2.45) is 0 Å². The third-order valence-electron chi connectivity index (χ3n) is 5.13. The van der Waals surface area contributed by atoms with Crippen LogP contribution in [0, 0.1) is 6.92 Å². The molecule has 0 unspecified atom stereocenters. The van der Waals surface area contributed by atoms with Crippen molar-refractivity contribution in [2.45, 2.75) is 11.8 Å². The highest BCUT2D eigenvalue weighted by atomic mass is 35.5. The van der Waals surface area contributed by atoms with E-state index in [0.29, 0.717) is 52.5 Å². The van der Waals surface area contributed by atoms with Crippen molar-refractivity contribution in [2.75, 3.05) is 57.4 Å². The van der Waals surface area contributed by atoms with Crippen molar-refractivity contribution in [3.8, 4) is 0 Å². The quantitative estimate of drug-likeness (QED) is 0.666. The number of hydrogen-bond donors (Lipinski definition) is 0. The van der Waals surface area contributed by atoms with Crippen molar-refractivity contribution in [1.82, 2.24) is 19.4 Å². The van der Waals surface area contributed by atoms with Crippen LogP contribution in [-0.2, 0) is 14.8 Å². The zero-order valence-electron chi connectivity index (χ0n) is 16.5. The van der Waals surface area contributed by atoms with Crippen LogP contribution in [-0.4, -0.2) is 86.2 Å². The molecule has 30 heavy (non-hydrogen) atoms. The lowest BCUT2D eigenvalue weighted by atomic mass is 10.2. The molecule has 1 aromatic carbocycles. The van der Waals surface area contributed by atoms with E-state index < -0.39 is 10.0 Å². The van der Waals surface area contributed by atoms with Crippen LogP contribution < -0.4 is 4.90 Å². The van der Waals surface area contributed by atoms with Gasteiger partial charge in [0.15, 0.2) is 0 Å². The highest BCUT2D eigenvalue weighted by Gasteiger charge is 2.29. The number of hydrogen-bond acceptors (Lipinski definition) is 8. The van der Waals surface area contributed by atoms with Gasteiger partial charge in [0.25, 0.3) is 5.91 Å². The summed E-state index contributed by atoms with van der Waals surface area (Å²) in [5.74, 6) is -0.271. The molecule has 2 aliphatic heterocycles. The van der Waals surface area contributed by atoms with E-state index in [4.69, 9.17) is 16.3 Å². The first-order chi connectivity index (χ1) is 14.4. The molecule has 0 atom stereocenters. The van der Waals surface area contributed by atoms with Crippen LogP contribution in [0.4, 0.5) is 5.13 Å². The maximum atomic E-state index is 13.1. The fourth-order valence-corrected chi connectivity index (χ4v) is 5.82. The van der Waals surface area contributed by atoms with E-state index in [9.17, 15) is 13.2 Å². The standard InChI is InChI=1S/C18H22ClN5O4S2/c1-13-20-21-18(29-13)23-6-4-22(5-7-23)17(25)15-12-14(2-3-16(15)19)30(26,27)24-8-10-28-11-9-24/h2-3,12H,4-11H2,1H3. The van der Waals surface area contributed by atoms with Gasteiger partial charge in [0, 0.05) is 39.3 Å². The van der Waals surface area contributed by atoms with E-state index in [1.807, 2.05) is 6.92 Å². The Labute approximate surface area is 184 Å². The Bertz CT molecular complexity index is 1030. The molecule has 0 spiro atoms. The second-order valence-electron chi connectivity index (χ2n) is 7.04. The van der Waals surface area contributed by atoms with Gasteiger partial charge in [0.1, 0.15) is 5.01 Å². The van der Waals surface area contributed by atoms with Gasteiger partial charge < -0.3 is 14.5 Å². The van der Waals surface area contributed by atoms with Crippen molar-refractivity contribution in [3.05, 3.63) is 33.8 Å². The highest BCUT2D eigenvalue weighted by Crippen LogP contribution is 2.26. The van der Waals surface area contributed by atoms with Crippen molar-refractivity contribution >= 4 is 44.0 Å². The summed E-state index contributed by atoms with van der Waals surface area (Å²) >= 11 is 7.79. The minimum atomic E-state index is -3.71. The summed E-state index contributed by atoms with van der Waals surface area (Å²) in [6.45, 7) is 5.45. The number of anilines is 1. The van der Waals surface area contributed by atoms with Crippen LogP contribution in [0.25, 0.3) is 0 Å². The predicted molar refractivity (Wildman–Crippen MR) is 114 cm³/mol. The summed E-state index contributed by atoms with van der Waals surface area (Å²) in [5, 5.41) is 10.2. The number of carbonyl (C=O) groups is 1. The van der Waals surface area contributed by atoms with Crippen molar-refractivity contribution in [1.29, 1.82) is 0 Å². The summed E-state index contributed by atoms with van der Waals surface area (Å²) in [6.07, 6.45) is 0. The number of morpholine rings is 1. The van der Waals surface area contributed by atoms with Crippen LogP contribution in [0.3, 0.4) is 0 Å². The Kier molecular flexibility index (Phi) is 6.26. The third kappa shape index (κ3) is 4.30. The number of piperazine rings is 1. The number of aryl methyl sites for hydroxylation is 1. The summed E-state index contributed by atoms with van der Waals surface area (Å²) in [4.78, 5) is 16.9. The lowest BCUT2D eigenvalue weighted by Gasteiger charge is -2.34. The second kappa shape index (κ2) is 8.75. The predicted octanol–water partition coefficient (Wildman–Crippen LogP) is 1.48. The largest absolute Gasteiger partial charge is 0.379 e. The molecule has 3 heterocycles. The third-order valence-corrected chi connectivity index (χ3v) is 8.25. The van der Waals surface area contributed by atoms with Gasteiger partial charge in [-0.1, -0.05) is 22.9 Å². The second-order valence-corrected chi connectivity index (χ2v) is 10.5. The topological polar surface area (TPSA) is 95.9 Å². The lowest BCUT2D eigenvalue weighted by Crippen LogP contribution is -2.49. The van der Waals surface area contributed by atoms with Crippen LogP contribution in [0.15, 0.2) is 23.1 Å². The fourth-order valence-electron chi connectivity index (χ4n) is 3.45. The molecule has 1 aromatic heterocycles. The number of halogens is 1. The van der Waals surface area contributed by atoms with Gasteiger partial charge in [-0.25, -0.2) is 8.42 Å². The molecule has 0 N–H and O–H groups in total. The van der Waals surface area contributed by atoms with E-state index in [1.54, 1.807) is 4.90 Å².